The standard InChI is InChI=1S/C11H16N2O2S/c1-10-3-2-4-11(9-10)5-6-12-16(14,15)13-7-8-13/h2-4,9,12H,5-8H2,1H3. The van der Waals surface area contributed by atoms with Gasteiger partial charge in [0.2, 0.25) is 0 Å². The average molecular weight is 240 g/mol. The SMILES string of the molecule is Cc1cccc(CCNS(=O)(=O)N2CC2)c1. The van der Waals surface area contributed by atoms with E-state index in [1.165, 1.54) is 9.87 Å². The number of hydrogen-bond acceptors (Lipinski definition) is 2. The van der Waals surface area contributed by atoms with Crippen LogP contribution in [0, 0.1) is 6.92 Å². The Morgan fingerprint density at radius 3 is 2.75 bits per heavy atom. The van der Waals surface area contributed by atoms with Gasteiger partial charge in [0, 0.05) is 19.6 Å². The monoisotopic (exact) mass is 240 g/mol. The van der Waals surface area contributed by atoms with Gasteiger partial charge in [-0.2, -0.15) is 12.7 Å². The number of hydrogen-bond donors (Lipinski definition) is 1. The molecular formula is C11H16N2O2S. The Hall–Kier alpha value is -0.910. The van der Waals surface area contributed by atoms with Crippen LogP contribution in [0.15, 0.2) is 24.3 Å². The van der Waals surface area contributed by atoms with Gasteiger partial charge in [-0.3, -0.25) is 0 Å². The van der Waals surface area contributed by atoms with Gasteiger partial charge in [-0.1, -0.05) is 29.8 Å². The van der Waals surface area contributed by atoms with Crippen molar-refractivity contribution in [2.24, 2.45) is 0 Å². The van der Waals surface area contributed by atoms with Crippen molar-refractivity contribution in [3.63, 3.8) is 0 Å². The molecule has 1 aromatic rings. The molecule has 0 bridgehead atoms. The largest absolute Gasteiger partial charge is 0.279 e. The van der Waals surface area contributed by atoms with Crippen LogP contribution in [-0.2, 0) is 16.6 Å². The molecule has 0 amide bonds. The molecular weight excluding hydrogens is 224 g/mol. The fraction of sp³-hybridized carbons (Fsp3) is 0.455. The first-order valence-electron chi connectivity index (χ1n) is 5.38. The first-order valence-corrected chi connectivity index (χ1v) is 6.82. The van der Waals surface area contributed by atoms with Gasteiger partial charge < -0.3 is 0 Å². The third kappa shape index (κ3) is 3.04. The Balaban J connectivity index is 1.84. The number of nitrogens with one attached hydrogen (secondary N) is 1. The van der Waals surface area contributed by atoms with E-state index in [4.69, 9.17) is 0 Å². The molecule has 1 fully saturated rings. The van der Waals surface area contributed by atoms with E-state index in [2.05, 4.69) is 10.8 Å². The van der Waals surface area contributed by atoms with Crippen LogP contribution >= 0.6 is 0 Å². The fourth-order valence-electron chi connectivity index (χ4n) is 1.56. The van der Waals surface area contributed by atoms with E-state index >= 15 is 0 Å². The van der Waals surface area contributed by atoms with Crippen LogP contribution in [0.2, 0.25) is 0 Å². The molecule has 2 rings (SSSR count). The van der Waals surface area contributed by atoms with Crippen molar-refractivity contribution in [2.45, 2.75) is 13.3 Å². The maximum atomic E-state index is 11.5. The maximum absolute atomic E-state index is 11.5. The van der Waals surface area contributed by atoms with E-state index in [9.17, 15) is 8.42 Å². The Bertz CT molecular complexity index is 467. The Morgan fingerprint density at radius 1 is 1.38 bits per heavy atom. The summed E-state index contributed by atoms with van der Waals surface area (Å²) in [7, 11) is -3.18. The van der Waals surface area contributed by atoms with Crippen LogP contribution in [0.1, 0.15) is 11.1 Å². The summed E-state index contributed by atoms with van der Waals surface area (Å²) < 4.78 is 26.9. The summed E-state index contributed by atoms with van der Waals surface area (Å²) in [5.74, 6) is 0. The lowest BCUT2D eigenvalue weighted by Gasteiger charge is -2.06. The lowest BCUT2D eigenvalue weighted by Crippen LogP contribution is -2.31. The summed E-state index contributed by atoms with van der Waals surface area (Å²) in [5.41, 5.74) is 2.36. The molecule has 1 aliphatic rings. The lowest BCUT2D eigenvalue weighted by atomic mass is 10.1. The quantitative estimate of drug-likeness (QED) is 0.770. The van der Waals surface area contributed by atoms with Crippen molar-refractivity contribution in [3.8, 4) is 0 Å². The molecule has 16 heavy (non-hydrogen) atoms. The summed E-state index contributed by atoms with van der Waals surface area (Å²) in [6, 6.07) is 8.11. The lowest BCUT2D eigenvalue weighted by molar-refractivity contribution is 0.547. The summed E-state index contributed by atoms with van der Waals surface area (Å²) >= 11 is 0. The third-order valence-corrected chi connectivity index (χ3v) is 4.14. The van der Waals surface area contributed by atoms with Gasteiger partial charge in [-0.05, 0) is 18.9 Å². The molecule has 1 heterocycles. The fourth-order valence-corrected chi connectivity index (χ4v) is 2.67. The third-order valence-electron chi connectivity index (χ3n) is 2.53. The average Bonchev–Trinajstić information content (AvgIpc) is 3.00. The minimum absolute atomic E-state index is 0.461. The van der Waals surface area contributed by atoms with E-state index in [-0.39, 0.29) is 0 Å². The van der Waals surface area contributed by atoms with Crippen molar-refractivity contribution < 1.29 is 8.42 Å². The van der Waals surface area contributed by atoms with E-state index in [1.807, 2.05) is 25.1 Å². The van der Waals surface area contributed by atoms with E-state index in [1.54, 1.807) is 0 Å². The van der Waals surface area contributed by atoms with Gasteiger partial charge in [-0.15, -0.1) is 0 Å². The molecule has 0 saturated carbocycles. The predicted molar refractivity (Wildman–Crippen MR) is 63.4 cm³/mol. The molecule has 0 aliphatic carbocycles. The normalized spacial score (nSPS) is 16.3. The Kier molecular flexibility index (Phi) is 3.28. The number of aryl methyl sites for hydroxylation is 1. The molecule has 5 heteroatoms. The number of benzene rings is 1. The molecule has 0 radical (unpaired) electrons. The smallest absolute Gasteiger partial charge is 0.202 e. The van der Waals surface area contributed by atoms with Crippen LogP contribution in [0.4, 0.5) is 0 Å². The molecule has 1 saturated heterocycles. The second kappa shape index (κ2) is 4.53. The first-order chi connectivity index (χ1) is 7.58. The van der Waals surface area contributed by atoms with Crippen molar-refractivity contribution >= 4 is 10.2 Å². The van der Waals surface area contributed by atoms with Gasteiger partial charge in [0.05, 0.1) is 0 Å². The van der Waals surface area contributed by atoms with E-state index in [0.717, 1.165) is 12.0 Å². The van der Waals surface area contributed by atoms with Gasteiger partial charge >= 0.3 is 0 Å². The Labute approximate surface area is 96.5 Å². The zero-order chi connectivity index (χ0) is 11.6. The highest BCUT2D eigenvalue weighted by atomic mass is 32.2. The van der Waals surface area contributed by atoms with Gasteiger partial charge in [0.1, 0.15) is 0 Å². The van der Waals surface area contributed by atoms with Crippen LogP contribution < -0.4 is 4.72 Å². The minimum Gasteiger partial charge on any atom is -0.202 e. The summed E-state index contributed by atoms with van der Waals surface area (Å²) in [4.78, 5) is 0. The maximum Gasteiger partial charge on any atom is 0.279 e. The molecule has 0 aromatic heterocycles. The van der Waals surface area contributed by atoms with Gasteiger partial charge in [0.15, 0.2) is 0 Å². The van der Waals surface area contributed by atoms with Crippen LogP contribution in [0.25, 0.3) is 0 Å². The minimum atomic E-state index is -3.18. The van der Waals surface area contributed by atoms with Crippen molar-refractivity contribution in [3.05, 3.63) is 35.4 Å². The van der Waals surface area contributed by atoms with E-state index in [0.29, 0.717) is 19.6 Å². The molecule has 1 aliphatic heterocycles. The van der Waals surface area contributed by atoms with Crippen molar-refractivity contribution in [2.75, 3.05) is 19.6 Å². The molecule has 0 unspecified atom stereocenters. The van der Waals surface area contributed by atoms with Crippen LogP contribution in [0.3, 0.4) is 0 Å². The molecule has 1 aromatic carbocycles. The zero-order valence-electron chi connectivity index (χ0n) is 9.31. The topological polar surface area (TPSA) is 49.2 Å². The summed E-state index contributed by atoms with van der Waals surface area (Å²) in [5, 5.41) is 0. The summed E-state index contributed by atoms with van der Waals surface area (Å²) in [6.45, 7) is 3.80. The highest BCUT2D eigenvalue weighted by molar-refractivity contribution is 7.87. The van der Waals surface area contributed by atoms with Gasteiger partial charge in [-0.25, -0.2) is 4.72 Å². The predicted octanol–water partition coefficient (Wildman–Crippen LogP) is 0.688. The van der Waals surface area contributed by atoms with Crippen molar-refractivity contribution in [1.82, 2.24) is 9.03 Å². The molecule has 1 N–H and O–H groups in total. The Morgan fingerprint density at radius 2 is 2.12 bits per heavy atom. The summed E-state index contributed by atoms with van der Waals surface area (Å²) in [6.07, 6.45) is 0.731. The highest BCUT2D eigenvalue weighted by Crippen LogP contribution is 2.09. The first kappa shape index (κ1) is 11.6. The van der Waals surface area contributed by atoms with Crippen LogP contribution in [0.5, 0.6) is 0 Å². The molecule has 0 spiro atoms. The highest BCUT2D eigenvalue weighted by Gasteiger charge is 2.30. The number of nitrogens with zero attached hydrogens (tertiary/aromatic N) is 1. The molecule has 88 valence electrons. The van der Waals surface area contributed by atoms with E-state index < -0.39 is 10.2 Å². The van der Waals surface area contributed by atoms with Crippen LogP contribution in [-0.4, -0.2) is 32.4 Å². The molecule has 0 atom stereocenters. The second-order valence-corrected chi connectivity index (χ2v) is 5.79. The van der Waals surface area contributed by atoms with Crippen molar-refractivity contribution in [1.29, 1.82) is 0 Å². The number of rotatable bonds is 5. The second-order valence-electron chi connectivity index (χ2n) is 4.04. The zero-order valence-corrected chi connectivity index (χ0v) is 10.1. The van der Waals surface area contributed by atoms with Gasteiger partial charge in [0.25, 0.3) is 10.2 Å². The molecule has 4 nitrogen and oxygen atoms in total.